The number of ether oxygens (including phenoxy) is 1. The Kier molecular flexibility index (Phi) is 5.69. The van der Waals surface area contributed by atoms with E-state index in [9.17, 15) is 14.4 Å². The molecular formula is C24H18ClN5O4. The summed E-state index contributed by atoms with van der Waals surface area (Å²) >= 11 is 5.90. The number of anilines is 2. The van der Waals surface area contributed by atoms with Gasteiger partial charge in [-0.3, -0.25) is 19.4 Å². The highest BCUT2D eigenvalue weighted by Gasteiger charge is 2.55. The molecule has 0 saturated carbocycles. The average Bonchev–Trinajstić information content (AvgIpc) is 3.36. The monoisotopic (exact) mass is 475 g/mol. The maximum atomic E-state index is 13.0. The summed E-state index contributed by atoms with van der Waals surface area (Å²) < 4.78 is 5.74. The Hall–Kier alpha value is -4.24. The van der Waals surface area contributed by atoms with Crippen molar-refractivity contribution >= 4 is 40.7 Å². The van der Waals surface area contributed by atoms with Crippen molar-refractivity contribution in [2.75, 3.05) is 16.8 Å². The summed E-state index contributed by atoms with van der Waals surface area (Å²) in [5, 5.41) is 12.3. The summed E-state index contributed by atoms with van der Waals surface area (Å²) in [5.74, 6) is -0.0496. The fraction of sp³-hybridized carbons (Fsp3) is 0.125. The minimum atomic E-state index is -0.981. The molecule has 0 unspecified atom stereocenters. The van der Waals surface area contributed by atoms with Crippen molar-refractivity contribution in [1.82, 2.24) is 5.01 Å². The van der Waals surface area contributed by atoms with Crippen LogP contribution in [-0.4, -0.2) is 41.4 Å². The van der Waals surface area contributed by atoms with Gasteiger partial charge in [0.1, 0.15) is 18.0 Å². The van der Waals surface area contributed by atoms with Crippen molar-refractivity contribution in [3.8, 4) is 11.5 Å². The maximum absolute atomic E-state index is 13.0. The predicted octanol–water partition coefficient (Wildman–Crippen LogP) is 4.06. The molecule has 0 aromatic heterocycles. The minimum absolute atomic E-state index is 0.236. The smallest absolute Gasteiger partial charge is 0.263 e. The van der Waals surface area contributed by atoms with Crippen molar-refractivity contribution in [2.24, 2.45) is 10.3 Å². The summed E-state index contributed by atoms with van der Waals surface area (Å²) in [6, 6.07) is 20.6. The molecule has 1 N–H and O–H groups in total. The second-order valence-corrected chi connectivity index (χ2v) is 8.10. The first kappa shape index (κ1) is 21.6. The number of amides is 3. The van der Waals surface area contributed by atoms with E-state index in [4.69, 9.17) is 16.3 Å². The van der Waals surface area contributed by atoms with Gasteiger partial charge in [0, 0.05) is 10.7 Å². The van der Waals surface area contributed by atoms with Crippen LogP contribution < -0.4 is 15.0 Å². The van der Waals surface area contributed by atoms with Crippen molar-refractivity contribution in [3.05, 3.63) is 83.9 Å². The van der Waals surface area contributed by atoms with Crippen LogP contribution in [0.4, 0.5) is 11.4 Å². The zero-order valence-electron chi connectivity index (χ0n) is 17.7. The molecule has 2 aliphatic heterocycles. The van der Waals surface area contributed by atoms with E-state index in [1.165, 1.54) is 5.01 Å². The molecule has 0 bridgehead atoms. The number of benzene rings is 3. The fourth-order valence-electron chi connectivity index (χ4n) is 3.78. The van der Waals surface area contributed by atoms with Crippen LogP contribution in [0.15, 0.2) is 89.2 Å². The fourth-order valence-corrected chi connectivity index (χ4v) is 3.90. The van der Waals surface area contributed by atoms with Gasteiger partial charge in [-0.1, -0.05) is 35.0 Å². The lowest BCUT2D eigenvalue weighted by molar-refractivity contribution is -0.123. The van der Waals surface area contributed by atoms with Gasteiger partial charge in [0.15, 0.2) is 12.1 Å². The molecule has 10 heteroatoms. The van der Waals surface area contributed by atoms with Crippen LogP contribution in [0.1, 0.15) is 0 Å². The number of nitrogens with one attached hydrogen (secondary N) is 1. The number of fused-ring (bicyclic) bond motifs is 1. The number of para-hydroxylation sites is 1. The van der Waals surface area contributed by atoms with Crippen molar-refractivity contribution in [3.63, 3.8) is 0 Å². The van der Waals surface area contributed by atoms with E-state index in [-0.39, 0.29) is 6.54 Å². The Labute approximate surface area is 199 Å². The quantitative estimate of drug-likeness (QED) is 0.541. The number of carbonyl (C=O) groups is 3. The molecule has 3 aromatic carbocycles. The van der Waals surface area contributed by atoms with Crippen LogP contribution in [0.5, 0.6) is 11.5 Å². The first-order chi connectivity index (χ1) is 16.5. The van der Waals surface area contributed by atoms with Gasteiger partial charge in [-0.25, -0.2) is 4.90 Å². The van der Waals surface area contributed by atoms with Crippen LogP contribution in [0, 0.1) is 0 Å². The Morgan fingerprint density at radius 3 is 2.29 bits per heavy atom. The highest BCUT2D eigenvalue weighted by molar-refractivity contribution is 6.31. The highest BCUT2D eigenvalue weighted by Crippen LogP contribution is 2.32. The number of nitrogens with zero attached hydrogens (tertiary/aromatic N) is 4. The molecular weight excluding hydrogens is 458 g/mol. The van der Waals surface area contributed by atoms with Gasteiger partial charge in [0.25, 0.3) is 11.8 Å². The number of imide groups is 1. The highest BCUT2D eigenvalue weighted by atomic mass is 35.5. The average molecular weight is 476 g/mol. The van der Waals surface area contributed by atoms with Crippen molar-refractivity contribution < 1.29 is 19.1 Å². The van der Waals surface area contributed by atoms with E-state index in [1.54, 1.807) is 48.5 Å². The molecule has 2 aliphatic rings. The van der Waals surface area contributed by atoms with Crippen LogP contribution in [0.3, 0.4) is 0 Å². The number of rotatable bonds is 6. The lowest BCUT2D eigenvalue weighted by Crippen LogP contribution is -2.43. The molecule has 3 aromatic rings. The van der Waals surface area contributed by atoms with E-state index in [0.29, 0.717) is 27.9 Å². The molecule has 5 rings (SSSR count). The van der Waals surface area contributed by atoms with E-state index in [0.717, 1.165) is 4.90 Å². The molecule has 1 saturated heterocycles. The van der Waals surface area contributed by atoms with E-state index >= 15 is 0 Å². The second-order valence-electron chi connectivity index (χ2n) is 7.67. The Morgan fingerprint density at radius 2 is 1.59 bits per heavy atom. The van der Waals surface area contributed by atoms with Gasteiger partial charge < -0.3 is 10.1 Å². The first-order valence-electron chi connectivity index (χ1n) is 10.4. The lowest BCUT2D eigenvalue weighted by Gasteiger charge is -2.20. The van der Waals surface area contributed by atoms with Gasteiger partial charge in [0.2, 0.25) is 5.91 Å². The third kappa shape index (κ3) is 4.20. The molecule has 1 fully saturated rings. The Morgan fingerprint density at radius 1 is 0.912 bits per heavy atom. The molecule has 0 aliphatic carbocycles. The molecule has 2 heterocycles. The summed E-state index contributed by atoms with van der Waals surface area (Å²) in [6.07, 6.45) is 0. The summed E-state index contributed by atoms with van der Waals surface area (Å²) in [7, 11) is 0. The zero-order valence-corrected chi connectivity index (χ0v) is 18.4. The largest absolute Gasteiger partial charge is 0.457 e. The standard InChI is InChI=1S/C24H18ClN5O4/c25-15-6-10-17(11-7-15)30-23(32)21-22(24(30)33)29(28-27-21)14-20(31)26-16-8-12-19(13-9-16)34-18-4-2-1-3-5-18/h1-13,21-22H,14H2,(H,26,31)/t21-,22+/m1/s1. The van der Waals surface area contributed by atoms with Gasteiger partial charge in [-0.2, -0.15) is 5.11 Å². The van der Waals surface area contributed by atoms with E-state index < -0.39 is 29.8 Å². The predicted molar refractivity (Wildman–Crippen MR) is 125 cm³/mol. The molecule has 0 spiro atoms. The lowest BCUT2D eigenvalue weighted by atomic mass is 10.1. The normalized spacial score (nSPS) is 18.9. The Bertz CT molecular complexity index is 1260. The van der Waals surface area contributed by atoms with Gasteiger partial charge >= 0.3 is 0 Å². The molecule has 34 heavy (non-hydrogen) atoms. The van der Waals surface area contributed by atoms with Crippen LogP contribution >= 0.6 is 11.6 Å². The molecule has 3 amide bonds. The van der Waals surface area contributed by atoms with Crippen LogP contribution in [0.2, 0.25) is 5.02 Å². The number of halogens is 1. The first-order valence-corrected chi connectivity index (χ1v) is 10.8. The molecule has 170 valence electrons. The number of carbonyl (C=O) groups excluding carboxylic acids is 3. The van der Waals surface area contributed by atoms with Gasteiger partial charge in [0.05, 0.1) is 5.69 Å². The third-order valence-corrected chi connectivity index (χ3v) is 5.62. The maximum Gasteiger partial charge on any atom is 0.263 e. The van der Waals surface area contributed by atoms with Crippen molar-refractivity contribution in [1.29, 1.82) is 0 Å². The number of hydrogen-bond donors (Lipinski definition) is 1. The molecule has 2 atom stereocenters. The zero-order chi connectivity index (χ0) is 23.7. The van der Waals surface area contributed by atoms with Crippen LogP contribution in [0.25, 0.3) is 0 Å². The summed E-state index contributed by atoms with van der Waals surface area (Å²) in [4.78, 5) is 39.4. The van der Waals surface area contributed by atoms with E-state index in [2.05, 4.69) is 15.7 Å². The van der Waals surface area contributed by atoms with E-state index in [1.807, 2.05) is 30.3 Å². The number of hydrogen-bond acceptors (Lipinski definition) is 7. The van der Waals surface area contributed by atoms with Gasteiger partial charge in [-0.15, -0.1) is 0 Å². The van der Waals surface area contributed by atoms with Crippen molar-refractivity contribution in [2.45, 2.75) is 12.1 Å². The molecule has 9 nitrogen and oxygen atoms in total. The topological polar surface area (TPSA) is 104 Å². The van der Waals surface area contributed by atoms with Gasteiger partial charge in [-0.05, 0) is 60.7 Å². The Balaban J connectivity index is 1.22. The third-order valence-electron chi connectivity index (χ3n) is 5.37. The van der Waals surface area contributed by atoms with Crippen LogP contribution in [-0.2, 0) is 14.4 Å². The summed E-state index contributed by atoms with van der Waals surface area (Å²) in [5.41, 5.74) is 0.945. The minimum Gasteiger partial charge on any atom is -0.457 e. The summed E-state index contributed by atoms with van der Waals surface area (Å²) in [6.45, 7) is -0.236. The molecule has 0 radical (unpaired) electrons. The SMILES string of the molecule is O=C(CN1N=N[C@H]2C(=O)N(c3ccc(Cl)cc3)C(=O)[C@H]21)Nc1ccc(Oc2ccccc2)cc1. The second kappa shape index (κ2) is 8.95.